The molecule has 0 spiro atoms. The van der Waals surface area contributed by atoms with Gasteiger partial charge in [-0.1, -0.05) is 20.8 Å². The molecule has 0 unspecified atom stereocenters. The molecular weight excluding hydrogens is 241 g/mol. The van der Waals surface area contributed by atoms with Crippen molar-refractivity contribution in [1.82, 2.24) is 0 Å². The molecule has 18 heavy (non-hydrogen) atoms. The number of hydrogen-bond acceptors (Lipinski definition) is 4. The summed E-state index contributed by atoms with van der Waals surface area (Å²) in [6.45, 7) is 4.72. The number of ether oxygens (including phenoxy) is 2. The normalized spacial score (nSPS) is 36.1. The largest absolute Gasteiger partial charge is 0.479 e. The molecule has 104 valence electrons. The summed E-state index contributed by atoms with van der Waals surface area (Å²) >= 11 is 0. The van der Waals surface area contributed by atoms with Gasteiger partial charge in [-0.15, -0.1) is 0 Å². The third-order valence-electron chi connectivity index (χ3n) is 3.90. The molecule has 0 radical (unpaired) electrons. The number of carbonyl (C=O) groups is 1. The molecule has 2 N–H and O–H groups in total. The summed E-state index contributed by atoms with van der Waals surface area (Å²) in [6.07, 6.45) is -1.19. The van der Waals surface area contributed by atoms with Crippen LogP contribution in [0.5, 0.6) is 0 Å². The van der Waals surface area contributed by atoms with E-state index in [0.29, 0.717) is 0 Å². The van der Waals surface area contributed by atoms with Crippen LogP contribution in [0.3, 0.4) is 0 Å². The lowest BCUT2D eigenvalue weighted by Gasteiger charge is -2.42. The van der Waals surface area contributed by atoms with Gasteiger partial charge in [-0.2, -0.15) is 0 Å². The summed E-state index contributed by atoms with van der Waals surface area (Å²) in [6, 6.07) is 0. The first kappa shape index (κ1) is 14.9. The van der Waals surface area contributed by atoms with Gasteiger partial charge in [0.15, 0.2) is 12.0 Å². The van der Waals surface area contributed by atoms with Crippen molar-refractivity contribution >= 4 is 11.9 Å². The quantitative estimate of drug-likeness (QED) is 0.599. The molecule has 1 rings (SSSR count). The zero-order chi connectivity index (χ0) is 13.9. The van der Waals surface area contributed by atoms with Gasteiger partial charge in [0.25, 0.3) is 0 Å². The minimum Gasteiger partial charge on any atom is -0.479 e. The van der Waals surface area contributed by atoms with Crippen LogP contribution in [0.2, 0.25) is 0 Å². The fourth-order valence-electron chi connectivity index (χ4n) is 2.35. The van der Waals surface area contributed by atoms with E-state index in [9.17, 15) is 9.18 Å². The van der Waals surface area contributed by atoms with Crippen molar-refractivity contribution in [1.29, 1.82) is 5.41 Å². The van der Waals surface area contributed by atoms with Crippen molar-refractivity contribution in [2.45, 2.75) is 39.4 Å². The molecule has 0 aliphatic carbocycles. The molecule has 1 saturated heterocycles. The Bertz CT molecular complexity index is 323. The van der Waals surface area contributed by atoms with Crippen LogP contribution >= 0.6 is 0 Å². The van der Waals surface area contributed by atoms with Crippen LogP contribution in [0.1, 0.15) is 27.2 Å². The Morgan fingerprint density at radius 2 is 1.94 bits per heavy atom. The van der Waals surface area contributed by atoms with E-state index < -0.39 is 25.0 Å². The second-order valence-electron chi connectivity index (χ2n) is 4.89. The number of carboxylic acid groups (broad SMARTS) is 1. The summed E-state index contributed by atoms with van der Waals surface area (Å²) in [7, 11) is 0. The fraction of sp³-hybridized carbons (Fsp3) is 0.833. The predicted molar refractivity (Wildman–Crippen MR) is 63.2 cm³/mol. The highest BCUT2D eigenvalue weighted by atomic mass is 19.1. The Morgan fingerprint density at radius 1 is 1.33 bits per heavy atom. The monoisotopic (exact) mass is 261 g/mol. The van der Waals surface area contributed by atoms with Gasteiger partial charge in [0.1, 0.15) is 0 Å². The molecular formula is C12H20FNO4. The highest BCUT2D eigenvalue weighted by molar-refractivity contribution is 5.74. The zero-order valence-electron chi connectivity index (χ0n) is 10.9. The molecule has 1 fully saturated rings. The predicted octanol–water partition coefficient (Wildman–Crippen LogP) is 2.06. The standard InChI is InChI=1S/C12H20FNO4/c1-6-7(2)9(4-10(14)17-5-13)18-11(8(6)3)12(15)16/h6-9,11,14H,4-5H2,1-3H3,(H,15,16)/t6-,7-,8+,9-,11-/m1/s1. The number of hydrogen-bond donors (Lipinski definition) is 2. The number of carboxylic acids is 1. The van der Waals surface area contributed by atoms with Crippen molar-refractivity contribution in [3.8, 4) is 0 Å². The Labute approximate surface area is 106 Å². The maximum absolute atomic E-state index is 11.9. The molecule has 0 bridgehead atoms. The van der Waals surface area contributed by atoms with Gasteiger partial charge in [-0.05, 0) is 17.8 Å². The van der Waals surface area contributed by atoms with Gasteiger partial charge >= 0.3 is 5.97 Å². The Kier molecular flexibility index (Phi) is 5.07. The van der Waals surface area contributed by atoms with Crippen LogP contribution < -0.4 is 0 Å². The Hall–Kier alpha value is -1.17. The third kappa shape index (κ3) is 3.19. The maximum atomic E-state index is 11.9. The van der Waals surface area contributed by atoms with Gasteiger partial charge < -0.3 is 14.6 Å². The second-order valence-corrected chi connectivity index (χ2v) is 4.89. The molecule has 5 atom stereocenters. The lowest BCUT2D eigenvalue weighted by atomic mass is 9.75. The SMILES string of the molecule is C[C@@H]1[C@@H](C)[C@@H](CC(=N)OCF)O[C@@H](C(=O)O)[C@H]1C. The lowest BCUT2D eigenvalue weighted by Crippen LogP contribution is -2.48. The van der Waals surface area contributed by atoms with Crippen LogP contribution in [0.15, 0.2) is 0 Å². The van der Waals surface area contributed by atoms with E-state index in [1.54, 1.807) is 0 Å². The third-order valence-corrected chi connectivity index (χ3v) is 3.90. The van der Waals surface area contributed by atoms with E-state index in [4.69, 9.17) is 15.3 Å². The smallest absolute Gasteiger partial charge is 0.333 e. The van der Waals surface area contributed by atoms with E-state index in [2.05, 4.69) is 4.74 Å². The topological polar surface area (TPSA) is 79.6 Å². The van der Waals surface area contributed by atoms with Gasteiger partial charge in [-0.25, -0.2) is 9.18 Å². The van der Waals surface area contributed by atoms with Crippen LogP contribution in [0.25, 0.3) is 0 Å². The molecule has 5 nitrogen and oxygen atoms in total. The molecule has 1 aliphatic rings. The van der Waals surface area contributed by atoms with Crippen molar-refractivity contribution < 1.29 is 23.8 Å². The summed E-state index contributed by atoms with van der Waals surface area (Å²) in [5.41, 5.74) is 0. The summed E-state index contributed by atoms with van der Waals surface area (Å²) in [5, 5.41) is 16.5. The first-order valence-corrected chi connectivity index (χ1v) is 6.03. The van der Waals surface area contributed by atoms with Crippen molar-refractivity contribution in [2.75, 3.05) is 6.86 Å². The van der Waals surface area contributed by atoms with E-state index in [0.717, 1.165) is 0 Å². The summed E-state index contributed by atoms with van der Waals surface area (Å²) in [4.78, 5) is 11.1. The minimum absolute atomic E-state index is 0.0926. The highest BCUT2D eigenvalue weighted by Crippen LogP contribution is 2.36. The van der Waals surface area contributed by atoms with Crippen LogP contribution in [-0.4, -0.2) is 36.0 Å². The van der Waals surface area contributed by atoms with Crippen LogP contribution in [0.4, 0.5) is 4.39 Å². The molecule has 0 amide bonds. The molecule has 1 aliphatic heterocycles. The highest BCUT2D eigenvalue weighted by Gasteiger charge is 2.42. The number of nitrogens with one attached hydrogen (secondary N) is 1. The Morgan fingerprint density at radius 3 is 2.44 bits per heavy atom. The molecule has 6 heteroatoms. The maximum Gasteiger partial charge on any atom is 0.333 e. The molecule has 0 aromatic carbocycles. The number of alkyl halides is 1. The van der Waals surface area contributed by atoms with E-state index in [1.165, 1.54) is 0 Å². The van der Waals surface area contributed by atoms with E-state index >= 15 is 0 Å². The first-order chi connectivity index (χ1) is 8.38. The average Bonchev–Trinajstić information content (AvgIpc) is 2.30. The average molecular weight is 261 g/mol. The number of rotatable bonds is 4. The van der Waals surface area contributed by atoms with Gasteiger partial charge in [0.2, 0.25) is 6.86 Å². The van der Waals surface area contributed by atoms with Gasteiger partial charge in [-0.3, -0.25) is 5.41 Å². The molecule has 0 saturated carbocycles. The zero-order valence-corrected chi connectivity index (χ0v) is 10.9. The van der Waals surface area contributed by atoms with Crippen molar-refractivity contribution in [2.24, 2.45) is 17.8 Å². The molecule has 1 heterocycles. The van der Waals surface area contributed by atoms with Gasteiger partial charge in [0, 0.05) is 6.42 Å². The number of halogens is 1. The number of aliphatic carboxylic acids is 1. The van der Waals surface area contributed by atoms with E-state index in [1.807, 2.05) is 20.8 Å². The van der Waals surface area contributed by atoms with Gasteiger partial charge in [0.05, 0.1) is 6.10 Å². The fourth-order valence-corrected chi connectivity index (χ4v) is 2.35. The molecule has 0 aromatic rings. The first-order valence-electron chi connectivity index (χ1n) is 6.03. The van der Waals surface area contributed by atoms with Crippen LogP contribution in [0, 0.1) is 23.2 Å². The van der Waals surface area contributed by atoms with Crippen LogP contribution in [-0.2, 0) is 14.3 Å². The summed E-state index contributed by atoms with van der Waals surface area (Å²) < 4.78 is 21.9. The minimum atomic E-state index is -1.05. The molecule has 0 aromatic heterocycles. The summed E-state index contributed by atoms with van der Waals surface area (Å²) in [5.74, 6) is -1.04. The van der Waals surface area contributed by atoms with Crippen molar-refractivity contribution in [3.63, 3.8) is 0 Å². The Balaban J connectivity index is 2.73. The van der Waals surface area contributed by atoms with Crippen molar-refractivity contribution in [3.05, 3.63) is 0 Å². The second kappa shape index (κ2) is 6.13. The van der Waals surface area contributed by atoms with E-state index in [-0.39, 0.29) is 30.1 Å². The lowest BCUT2D eigenvalue weighted by molar-refractivity contribution is -0.178.